The summed E-state index contributed by atoms with van der Waals surface area (Å²) in [6.07, 6.45) is 3.50. The van der Waals surface area contributed by atoms with Gasteiger partial charge in [-0.3, -0.25) is 19.1 Å². The van der Waals surface area contributed by atoms with Crippen LogP contribution in [0.15, 0.2) is 76.9 Å². The SMILES string of the molecule is Cc1c(NC(=O)c2ccc(NC(=O)CSc3nccn3C)cc2)c(=O)n(-c2ccccc2)n1C. The van der Waals surface area contributed by atoms with Crippen molar-refractivity contribution >= 4 is 35.0 Å². The lowest BCUT2D eigenvalue weighted by atomic mass is 10.2. The van der Waals surface area contributed by atoms with Gasteiger partial charge in [-0.2, -0.15) is 0 Å². The van der Waals surface area contributed by atoms with Gasteiger partial charge in [-0.15, -0.1) is 0 Å². The predicted molar refractivity (Wildman–Crippen MR) is 133 cm³/mol. The molecule has 2 N–H and O–H groups in total. The molecule has 174 valence electrons. The summed E-state index contributed by atoms with van der Waals surface area (Å²) in [4.78, 5) is 42.2. The molecule has 0 radical (unpaired) electrons. The van der Waals surface area contributed by atoms with Gasteiger partial charge in [-0.25, -0.2) is 9.67 Å². The minimum absolute atomic E-state index is 0.174. The summed E-state index contributed by atoms with van der Waals surface area (Å²) in [7, 11) is 3.63. The maximum atomic E-state index is 13.0. The maximum absolute atomic E-state index is 13.0. The van der Waals surface area contributed by atoms with Crippen molar-refractivity contribution in [1.82, 2.24) is 18.9 Å². The van der Waals surface area contributed by atoms with Gasteiger partial charge in [0.05, 0.1) is 17.1 Å². The van der Waals surface area contributed by atoms with Crippen LogP contribution in [0.1, 0.15) is 16.1 Å². The first-order chi connectivity index (χ1) is 16.3. The van der Waals surface area contributed by atoms with Crippen LogP contribution in [-0.2, 0) is 18.9 Å². The highest BCUT2D eigenvalue weighted by atomic mass is 32.2. The molecular formula is C24H24N6O3S. The van der Waals surface area contributed by atoms with Gasteiger partial charge in [0.25, 0.3) is 11.5 Å². The molecule has 0 aliphatic heterocycles. The topological polar surface area (TPSA) is 103 Å². The molecule has 2 aromatic heterocycles. The van der Waals surface area contributed by atoms with Gasteiger partial charge < -0.3 is 15.2 Å². The molecule has 34 heavy (non-hydrogen) atoms. The second-order valence-electron chi connectivity index (χ2n) is 7.63. The molecule has 0 aliphatic rings. The fourth-order valence-corrected chi connectivity index (χ4v) is 4.15. The largest absolute Gasteiger partial charge is 0.329 e. The molecule has 0 atom stereocenters. The van der Waals surface area contributed by atoms with Crippen LogP contribution in [0, 0.1) is 6.92 Å². The summed E-state index contributed by atoms with van der Waals surface area (Å²) in [5.41, 5.74) is 2.20. The first kappa shape index (κ1) is 23.1. The van der Waals surface area contributed by atoms with Crippen molar-refractivity contribution in [2.75, 3.05) is 16.4 Å². The second-order valence-corrected chi connectivity index (χ2v) is 8.57. The normalized spacial score (nSPS) is 10.8. The van der Waals surface area contributed by atoms with Gasteiger partial charge >= 0.3 is 0 Å². The van der Waals surface area contributed by atoms with Crippen molar-refractivity contribution in [1.29, 1.82) is 0 Å². The lowest BCUT2D eigenvalue weighted by Gasteiger charge is -2.07. The zero-order chi connectivity index (χ0) is 24.2. The van der Waals surface area contributed by atoms with Gasteiger partial charge in [-0.1, -0.05) is 30.0 Å². The zero-order valence-electron chi connectivity index (χ0n) is 19.0. The monoisotopic (exact) mass is 476 g/mol. The lowest BCUT2D eigenvalue weighted by molar-refractivity contribution is -0.113. The van der Waals surface area contributed by atoms with Gasteiger partial charge in [0.1, 0.15) is 5.69 Å². The average Bonchev–Trinajstić information content (AvgIpc) is 3.34. The number of aromatic nitrogens is 4. The quantitative estimate of drug-likeness (QED) is 0.399. The molecule has 2 amide bonds. The number of imidazole rings is 1. The maximum Gasteiger partial charge on any atom is 0.295 e. The van der Waals surface area contributed by atoms with Crippen molar-refractivity contribution in [2.45, 2.75) is 12.1 Å². The van der Waals surface area contributed by atoms with Crippen molar-refractivity contribution in [3.05, 3.63) is 88.6 Å². The van der Waals surface area contributed by atoms with Crippen LogP contribution in [0.5, 0.6) is 0 Å². The summed E-state index contributed by atoms with van der Waals surface area (Å²) in [5.74, 6) is -0.366. The second kappa shape index (κ2) is 9.84. The van der Waals surface area contributed by atoms with E-state index in [0.29, 0.717) is 22.6 Å². The number of benzene rings is 2. The third-order valence-corrected chi connectivity index (χ3v) is 6.39. The smallest absolute Gasteiger partial charge is 0.295 e. The number of carbonyl (C=O) groups excluding carboxylic acids is 2. The number of carbonyl (C=O) groups is 2. The highest BCUT2D eigenvalue weighted by Crippen LogP contribution is 2.18. The van der Waals surface area contributed by atoms with E-state index in [9.17, 15) is 14.4 Å². The molecule has 2 heterocycles. The summed E-state index contributed by atoms with van der Waals surface area (Å²) in [5, 5.41) is 6.29. The molecular weight excluding hydrogens is 452 g/mol. The fraction of sp³-hybridized carbons (Fsp3) is 0.167. The zero-order valence-corrected chi connectivity index (χ0v) is 19.8. The molecule has 0 aliphatic carbocycles. The number of anilines is 2. The Morgan fingerprint density at radius 2 is 1.71 bits per heavy atom. The van der Waals surface area contributed by atoms with Crippen LogP contribution in [0.3, 0.4) is 0 Å². The first-order valence-corrected chi connectivity index (χ1v) is 11.5. The Bertz CT molecular complexity index is 1390. The van der Waals surface area contributed by atoms with Crippen LogP contribution in [0.2, 0.25) is 0 Å². The first-order valence-electron chi connectivity index (χ1n) is 10.5. The molecule has 10 heteroatoms. The van der Waals surface area contributed by atoms with Crippen LogP contribution in [-0.4, -0.2) is 36.5 Å². The molecule has 0 bridgehead atoms. The highest BCUT2D eigenvalue weighted by Gasteiger charge is 2.19. The van der Waals surface area contributed by atoms with Crippen LogP contribution >= 0.6 is 11.8 Å². The Balaban J connectivity index is 1.42. The van der Waals surface area contributed by atoms with Crippen molar-refractivity contribution < 1.29 is 9.59 Å². The number of para-hydroxylation sites is 1. The van der Waals surface area contributed by atoms with Crippen LogP contribution in [0.25, 0.3) is 5.69 Å². The number of amides is 2. The Morgan fingerprint density at radius 3 is 2.35 bits per heavy atom. The lowest BCUT2D eigenvalue weighted by Crippen LogP contribution is -2.23. The Labute approximate surface area is 200 Å². The molecule has 9 nitrogen and oxygen atoms in total. The molecule has 2 aromatic carbocycles. The van der Waals surface area contributed by atoms with E-state index in [1.54, 1.807) is 49.1 Å². The molecule has 0 spiro atoms. The molecule has 4 aromatic rings. The molecule has 0 unspecified atom stereocenters. The molecule has 4 rings (SSSR count). The van der Waals surface area contributed by atoms with Crippen molar-refractivity contribution in [3.8, 4) is 5.69 Å². The van der Waals surface area contributed by atoms with Gasteiger partial charge in [0.15, 0.2) is 5.16 Å². The van der Waals surface area contributed by atoms with E-state index < -0.39 is 5.91 Å². The summed E-state index contributed by atoms with van der Waals surface area (Å²) < 4.78 is 5.05. The van der Waals surface area contributed by atoms with Crippen LogP contribution in [0.4, 0.5) is 11.4 Å². The number of hydrogen-bond acceptors (Lipinski definition) is 5. The molecule has 0 fully saturated rings. The van der Waals surface area contributed by atoms with E-state index in [1.807, 2.05) is 48.1 Å². The number of thioether (sulfide) groups is 1. The van der Waals surface area contributed by atoms with E-state index in [1.165, 1.54) is 16.4 Å². The minimum atomic E-state index is -0.408. The average molecular weight is 477 g/mol. The number of aryl methyl sites for hydroxylation is 1. The predicted octanol–water partition coefficient (Wildman–Crippen LogP) is 3.20. The number of nitrogens with zero attached hydrogens (tertiary/aromatic N) is 4. The number of rotatable bonds is 7. The fourth-order valence-electron chi connectivity index (χ4n) is 3.42. The summed E-state index contributed by atoms with van der Waals surface area (Å²) in [6.45, 7) is 1.78. The third kappa shape index (κ3) is 4.81. The Hall–Kier alpha value is -4.05. The molecule has 0 saturated heterocycles. The summed E-state index contributed by atoms with van der Waals surface area (Å²) in [6, 6.07) is 15.7. The Morgan fingerprint density at radius 1 is 1.00 bits per heavy atom. The van der Waals surface area contributed by atoms with Gasteiger partial charge in [0.2, 0.25) is 5.91 Å². The Kier molecular flexibility index (Phi) is 6.69. The van der Waals surface area contributed by atoms with Crippen molar-refractivity contribution in [2.24, 2.45) is 14.1 Å². The van der Waals surface area contributed by atoms with E-state index in [2.05, 4.69) is 15.6 Å². The standard InChI is InChI=1S/C24H24N6O3S/c1-16-21(23(33)30(29(16)3)19-7-5-4-6-8-19)27-22(32)17-9-11-18(12-10-17)26-20(31)15-34-24-25-13-14-28(24)2/h4-14H,15H2,1-3H3,(H,26,31)(H,27,32). The minimum Gasteiger partial charge on any atom is -0.329 e. The molecule has 0 saturated carbocycles. The number of hydrogen-bond donors (Lipinski definition) is 2. The van der Waals surface area contributed by atoms with E-state index >= 15 is 0 Å². The van der Waals surface area contributed by atoms with E-state index in [-0.39, 0.29) is 22.9 Å². The van der Waals surface area contributed by atoms with Crippen LogP contribution < -0.4 is 16.2 Å². The van der Waals surface area contributed by atoms with E-state index in [0.717, 1.165) is 5.16 Å². The number of nitrogens with one attached hydrogen (secondary N) is 2. The summed E-state index contributed by atoms with van der Waals surface area (Å²) >= 11 is 1.34. The van der Waals surface area contributed by atoms with Crippen molar-refractivity contribution in [3.63, 3.8) is 0 Å². The highest BCUT2D eigenvalue weighted by molar-refractivity contribution is 7.99. The third-order valence-electron chi connectivity index (χ3n) is 5.33. The van der Waals surface area contributed by atoms with Gasteiger partial charge in [0, 0.05) is 37.7 Å². The van der Waals surface area contributed by atoms with E-state index in [4.69, 9.17) is 0 Å². The van der Waals surface area contributed by atoms with Gasteiger partial charge in [-0.05, 0) is 43.3 Å².